The lowest BCUT2D eigenvalue weighted by Gasteiger charge is -2.13. The van der Waals surface area contributed by atoms with Crippen molar-refractivity contribution in [2.24, 2.45) is 0 Å². The van der Waals surface area contributed by atoms with Crippen LogP contribution in [0, 0.1) is 17.1 Å². The van der Waals surface area contributed by atoms with E-state index in [9.17, 15) is 32.4 Å². The highest BCUT2D eigenvalue weighted by Gasteiger charge is 2.41. The summed E-state index contributed by atoms with van der Waals surface area (Å²) in [6, 6.07) is 15.9. The minimum Gasteiger partial charge on any atom is -0.332 e. The molecular weight excluding hydrogens is 466 g/mol. The zero-order chi connectivity index (χ0) is 25.2. The molecule has 7 nitrogen and oxygen atoms in total. The fraction of sp³-hybridized carbons (Fsp3) is 0.0833. The van der Waals surface area contributed by atoms with Crippen molar-refractivity contribution in [2.45, 2.75) is 12.2 Å². The Morgan fingerprint density at radius 3 is 2.40 bits per heavy atom. The predicted octanol–water partition coefficient (Wildman–Crippen LogP) is 4.74. The molecule has 1 atom stereocenters. The first-order valence-electron chi connectivity index (χ1n) is 10.1. The number of alkyl halides is 3. The standard InChI is InChI=1S/C24H15F4N5O2/c25-15-7-4-6-14(12-15)18(13-29)31-22(34)17-10-5-11-33-19(20(24(26,27)28)32-21(17)33)23(35)30-16-8-2-1-3-9-16/h1-12,18H,(H,30,35)(H,31,34). The number of nitrogens with zero attached hydrogens (tertiary/aromatic N) is 3. The number of aromatic nitrogens is 2. The summed E-state index contributed by atoms with van der Waals surface area (Å²) in [5, 5.41) is 14.2. The Morgan fingerprint density at radius 1 is 1.00 bits per heavy atom. The van der Waals surface area contributed by atoms with Gasteiger partial charge in [-0.1, -0.05) is 30.3 Å². The number of nitriles is 1. The average Bonchev–Trinajstić information content (AvgIpc) is 3.23. The predicted molar refractivity (Wildman–Crippen MR) is 117 cm³/mol. The molecule has 2 amide bonds. The van der Waals surface area contributed by atoms with E-state index in [-0.39, 0.29) is 16.8 Å². The van der Waals surface area contributed by atoms with Crippen LogP contribution in [0.3, 0.4) is 0 Å². The van der Waals surface area contributed by atoms with Gasteiger partial charge in [0.2, 0.25) is 0 Å². The minimum atomic E-state index is -5.00. The molecule has 0 aliphatic carbocycles. The zero-order valence-electron chi connectivity index (χ0n) is 17.7. The van der Waals surface area contributed by atoms with Crippen molar-refractivity contribution >= 4 is 23.1 Å². The molecule has 0 saturated carbocycles. The second-order valence-electron chi connectivity index (χ2n) is 7.33. The summed E-state index contributed by atoms with van der Waals surface area (Å²) in [6.45, 7) is 0. The van der Waals surface area contributed by atoms with Gasteiger partial charge in [-0.2, -0.15) is 18.4 Å². The van der Waals surface area contributed by atoms with Crippen molar-refractivity contribution in [1.82, 2.24) is 14.7 Å². The van der Waals surface area contributed by atoms with Gasteiger partial charge in [0.1, 0.15) is 17.6 Å². The summed E-state index contributed by atoms with van der Waals surface area (Å²) in [5.41, 5.74) is -2.63. The third-order valence-corrected chi connectivity index (χ3v) is 5.00. The molecule has 0 bridgehead atoms. The van der Waals surface area contributed by atoms with E-state index in [4.69, 9.17) is 0 Å². The van der Waals surface area contributed by atoms with Crippen LogP contribution in [-0.4, -0.2) is 21.2 Å². The molecule has 0 saturated heterocycles. The third-order valence-electron chi connectivity index (χ3n) is 5.00. The number of carbonyl (C=O) groups excluding carboxylic acids is 2. The number of carbonyl (C=O) groups is 2. The average molecular weight is 481 g/mol. The third kappa shape index (κ3) is 4.81. The highest BCUT2D eigenvalue weighted by Crippen LogP contribution is 2.33. The number of pyridine rings is 1. The van der Waals surface area contributed by atoms with Gasteiger partial charge < -0.3 is 10.6 Å². The Hall–Kier alpha value is -4.72. The number of imidazole rings is 1. The van der Waals surface area contributed by atoms with E-state index in [0.29, 0.717) is 0 Å². The lowest BCUT2D eigenvalue weighted by atomic mass is 10.1. The highest BCUT2D eigenvalue weighted by molar-refractivity contribution is 6.06. The first kappa shape index (κ1) is 23.4. The monoisotopic (exact) mass is 481 g/mol. The van der Waals surface area contributed by atoms with Gasteiger partial charge in [0.15, 0.2) is 11.3 Å². The molecule has 4 rings (SSSR count). The molecule has 11 heteroatoms. The fourth-order valence-corrected chi connectivity index (χ4v) is 3.46. The van der Waals surface area contributed by atoms with E-state index in [1.165, 1.54) is 42.6 Å². The molecule has 0 aliphatic heterocycles. The first-order valence-corrected chi connectivity index (χ1v) is 10.1. The number of benzene rings is 2. The quantitative estimate of drug-likeness (QED) is 0.402. The normalized spacial score (nSPS) is 12.1. The molecule has 2 N–H and O–H groups in total. The topological polar surface area (TPSA) is 99.3 Å². The van der Waals surface area contributed by atoms with Crippen molar-refractivity contribution in [3.8, 4) is 6.07 Å². The van der Waals surface area contributed by atoms with Crippen LogP contribution in [0.5, 0.6) is 0 Å². The van der Waals surface area contributed by atoms with E-state index in [1.807, 2.05) is 6.07 Å². The maximum atomic E-state index is 13.8. The molecule has 4 aromatic rings. The molecule has 0 spiro atoms. The summed E-state index contributed by atoms with van der Waals surface area (Å²) < 4.78 is 55.8. The number of anilines is 1. The van der Waals surface area contributed by atoms with Crippen LogP contribution >= 0.6 is 0 Å². The number of hydrogen-bond acceptors (Lipinski definition) is 4. The molecule has 2 aromatic carbocycles. The van der Waals surface area contributed by atoms with Crippen molar-refractivity contribution in [3.05, 3.63) is 101 Å². The van der Waals surface area contributed by atoms with Crippen LogP contribution < -0.4 is 10.6 Å². The summed E-state index contributed by atoms with van der Waals surface area (Å²) in [7, 11) is 0. The molecule has 0 aliphatic rings. The second kappa shape index (κ2) is 9.26. The molecule has 1 unspecified atom stereocenters. The Bertz CT molecular complexity index is 1460. The van der Waals surface area contributed by atoms with Crippen molar-refractivity contribution in [3.63, 3.8) is 0 Å². The number of fused-ring (bicyclic) bond motifs is 1. The summed E-state index contributed by atoms with van der Waals surface area (Å²) in [4.78, 5) is 29.3. The maximum Gasteiger partial charge on any atom is 0.435 e. The highest BCUT2D eigenvalue weighted by atomic mass is 19.4. The van der Waals surface area contributed by atoms with Gasteiger partial charge in [-0.15, -0.1) is 0 Å². The van der Waals surface area contributed by atoms with Crippen LogP contribution in [0.2, 0.25) is 0 Å². The molecule has 0 radical (unpaired) electrons. The maximum absolute atomic E-state index is 13.8. The van der Waals surface area contributed by atoms with E-state index in [2.05, 4.69) is 15.6 Å². The molecular formula is C24H15F4N5O2. The lowest BCUT2D eigenvalue weighted by molar-refractivity contribution is -0.141. The minimum absolute atomic E-state index is 0.148. The number of nitrogens with one attached hydrogen (secondary N) is 2. The summed E-state index contributed by atoms with van der Waals surface area (Å²) in [6.07, 6.45) is -3.83. The zero-order valence-corrected chi connectivity index (χ0v) is 17.7. The largest absolute Gasteiger partial charge is 0.435 e. The summed E-state index contributed by atoms with van der Waals surface area (Å²) >= 11 is 0. The molecule has 35 heavy (non-hydrogen) atoms. The smallest absolute Gasteiger partial charge is 0.332 e. The summed E-state index contributed by atoms with van der Waals surface area (Å²) in [5.74, 6) is -2.64. The van der Waals surface area contributed by atoms with Gasteiger partial charge in [0.25, 0.3) is 11.8 Å². The van der Waals surface area contributed by atoms with Gasteiger partial charge in [0.05, 0.1) is 11.6 Å². The fourth-order valence-electron chi connectivity index (χ4n) is 3.46. The van der Waals surface area contributed by atoms with E-state index >= 15 is 0 Å². The van der Waals surface area contributed by atoms with E-state index in [0.717, 1.165) is 16.5 Å². The number of amides is 2. The Kier molecular flexibility index (Phi) is 6.20. The number of para-hydroxylation sites is 1. The Labute approximate surface area is 195 Å². The number of halogens is 4. The molecule has 0 fully saturated rings. The Balaban J connectivity index is 1.75. The van der Waals surface area contributed by atoms with Gasteiger partial charge in [-0.05, 0) is 42.0 Å². The van der Waals surface area contributed by atoms with Gasteiger partial charge >= 0.3 is 6.18 Å². The van der Waals surface area contributed by atoms with Crippen LogP contribution in [-0.2, 0) is 6.18 Å². The van der Waals surface area contributed by atoms with Gasteiger partial charge in [0, 0.05) is 11.9 Å². The van der Waals surface area contributed by atoms with Crippen LogP contribution in [0.1, 0.15) is 38.1 Å². The van der Waals surface area contributed by atoms with E-state index in [1.54, 1.807) is 18.2 Å². The Morgan fingerprint density at radius 2 is 1.74 bits per heavy atom. The van der Waals surface area contributed by atoms with Crippen LogP contribution in [0.15, 0.2) is 72.9 Å². The van der Waals surface area contributed by atoms with Crippen molar-refractivity contribution < 1.29 is 27.2 Å². The second-order valence-corrected chi connectivity index (χ2v) is 7.33. The van der Waals surface area contributed by atoms with Crippen molar-refractivity contribution in [2.75, 3.05) is 5.32 Å². The molecule has 176 valence electrons. The van der Waals surface area contributed by atoms with Gasteiger partial charge in [-0.3, -0.25) is 14.0 Å². The van der Waals surface area contributed by atoms with Gasteiger partial charge in [-0.25, -0.2) is 9.37 Å². The number of hydrogen-bond donors (Lipinski definition) is 2. The van der Waals surface area contributed by atoms with Crippen LogP contribution in [0.25, 0.3) is 5.65 Å². The van der Waals surface area contributed by atoms with Crippen molar-refractivity contribution in [1.29, 1.82) is 5.26 Å². The lowest BCUT2D eigenvalue weighted by Crippen LogP contribution is -2.28. The molecule has 2 heterocycles. The first-order chi connectivity index (χ1) is 16.7. The van der Waals surface area contributed by atoms with Crippen LogP contribution in [0.4, 0.5) is 23.2 Å². The number of rotatable bonds is 5. The molecule has 2 aromatic heterocycles. The van der Waals surface area contributed by atoms with E-state index < -0.39 is 46.9 Å². The SMILES string of the molecule is N#CC(NC(=O)c1cccn2c(C(=O)Nc3ccccc3)c(C(F)(F)F)nc12)c1cccc(F)c1.